The van der Waals surface area contributed by atoms with Crippen LogP contribution in [0.3, 0.4) is 0 Å². The van der Waals surface area contributed by atoms with E-state index in [1.165, 1.54) is 0 Å². The van der Waals surface area contributed by atoms with Crippen molar-refractivity contribution in [1.29, 1.82) is 5.26 Å². The van der Waals surface area contributed by atoms with E-state index >= 15 is 0 Å². The lowest BCUT2D eigenvalue weighted by atomic mass is 10.0. The van der Waals surface area contributed by atoms with Crippen molar-refractivity contribution in [3.63, 3.8) is 0 Å². The highest BCUT2D eigenvalue weighted by Gasteiger charge is 2.32. The van der Waals surface area contributed by atoms with Gasteiger partial charge in [-0.05, 0) is 32.4 Å². The second-order valence-corrected chi connectivity index (χ2v) is 6.02. The SMILES string of the molecule is Cc1cn(C(C)(C)C(=O)N(C)C)nc1-c1ccccc1C#N. The van der Waals surface area contributed by atoms with Crippen LogP contribution >= 0.6 is 0 Å². The number of nitrogens with zero attached hydrogens (tertiary/aromatic N) is 4. The largest absolute Gasteiger partial charge is 0.347 e. The molecule has 1 amide bonds. The van der Waals surface area contributed by atoms with E-state index in [0.29, 0.717) is 5.56 Å². The Labute approximate surface area is 130 Å². The Balaban J connectivity index is 2.54. The van der Waals surface area contributed by atoms with Crippen molar-refractivity contribution >= 4 is 5.91 Å². The van der Waals surface area contributed by atoms with E-state index in [9.17, 15) is 10.1 Å². The number of rotatable bonds is 3. The summed E-state index contributed by atoms with van der Waals surface area (Å²) in [7, 11) is 3.46. The van der Waals surface area contributed by atoms with Crippen molar-refractivity contribution in [2.45, 2.75) is 26.3 Å². The molecule has 0 fully saturated rings. The maximum Gasteiger partial charge on any atom is 0.249 e. The van der Waals surface area contributed by atoms with Gasteiger partial charge in [0.05, 0.1) is 17.3 Å². The minimum Gasteiger partial charge on any atom is -0.347 e. The monoisotopic (exact) mass is 296 g/mol. The van der Waals surface area contributed by atoms with E-state index < -0.39 is 5.54 Å². The molecule has 22 heavy (non-hydrogen) atoms. The Morgan fingerprint density at radius 3 is 2.55 bits per heavy atom. The standard InChI is InChI=1S/C17H20N4O/c1-12-11-21(17(2,3)16(22)20(4)5)19-15(12)14-9-7-6-8-13(14)10-18/h6-9,11H,1-5H3. The number of hydrogen-bond donors (Lipinski definition) is 0. The highest BCUT2D eigenvalue weighted by atomic mass is 16.2. The zero-order chi connectivity index (χ0) is 16.5. The van der Waals surface area contributed by atoms with Crippen LogP contribution in [0.25, 0.3) is 11.3 Å². The third kappa shape index (κ3) is 2.60. The molecule has 0 aliphatic heterocycles. The Kier molecular flexibility index (Phi) is 4.05. The molecular weight excluding hydrogens is 276 g/mol. The smallest absolute Gasteiger partial charge is 0.249 e. The fourth-order valence-corrected chi connectivity index (χ4v) is 2.45. The molecule has 1 aromatic carbocycles. The third-order valence-electron chi connectivity index (χ3n) is 3.70. The van der Waals surface area contributed by atoms with Gasteiger partial charge < -0.3 is 4.90 Å². The van der Waals surface area contributed by atoms with Gasteiger partial charge in [-0.15, -0.1) is 0 Å². The van der Waals surface area contributed by atoms with Crippen LogP contribution in [0, 0.1) is 18.3 Å². The predicted molar refractivity (Wildman–Crippen MR) is 85.1 cm³/mol. The summed E-state index contributed by atoms with van der Waals surface area (Å²) < 4.78 is 1.67. The average molecular weight is 296 g/mol. The van der Waals surface area contributed by atoms with Gasteiger partial charge in [0.1, 0.15) is 5.54 Å². The summed E-state index contributed by atoms with van der Waals surface area (Å²) in [5, 5.41) is 13.8. The van der Waals surface area contributed by atoms with Crippen molar-refractivity contribution in [3.05, 3.63) is 41.6 Å². The summed E-state index contributed by atoms with van der Waals surface area (Å²) in [6, 6.07) is 9.53. The zero-order valence-corrected chi connectivity index (χ0v) is 13.6. The van der Waals surface area contributed by atoms with Crippen molar-refractivity contribution in [2.75, 3.05) is 14.1 Å². The molecule has 0 spiro atoms. The van der Waals surface area contributed by atoms with Gasteiger partial charge in [-0.1, -0.05) is 18.2 Å². The molecule has 5 heteroatoms. The van der Waals surface area contributed by atoms with Crippen molar-refractivity contribution in [2.24, 2.45) is 0 Å². The minimum absolute atomic E-state index is 0.0323. The van der Waals surface area contributed by atoms with Gasteiger partial charge >= 0.3 is 0 Å². The number of nitriles is 1. The van der Waals surface area contributed by atoms with Crippen LogP contribution in [-0.2, 0) is 10.3 Å². The molecule has 2 rings (SSSR count). The van der Waals surface area contributed by atoms with Gasteiger partial charge in [0.25, 0.3) is 0 Å². The van der Waals surface area contributed by atoms with E-state index in [2.05, 4.69) is 11.2 Å². The number of carbonyl (C=O) groups excluding carboxylic acids is 1. The lowest BCUT2D eigenvalue weighted by Crippen LogP contribution is -2.44. The van der Waals surface area contributed by atoms with Crippen LogP contribution < -0.4 is 0 Å². The first kappa shape index (κ1) is 15.8. The molecule has 1 aromatic heterocycles. The van der Waals surface area contributed by atoms with Gasteiger partial charge in [0.15, 0.2) is 0 Å². The minimum atomic E-state index is -0.784. The van der Waals surface area contributed by atoms with Gasteiger partial charge in [-0.3, -0.25) is 9.48 Å². The van der Waals surface area contributed by atoms with Crippen molar-refractivity contribution in [3.8, 4) is 17.3 Å². The third-order valence-corrected chi connectivity index (χ3v) is 3.70. The number of hydrogen-bond acceptors (Lipinski definition) is 3. The summed E-state index contributed by atoms with van der Waals surface area (Å²) in [5.41, 5.74) is 2.25. The molecule has 0 bridgehead atoms. The molecule has 0 radical (unpaired) electrons. The maximum absolute atomic E-state index is 12.4. The lowest BCUT2D eigenvalue weighted by molar-refractivity contribution is -0.137. The highest BCUT2D eigenvalue weighted by molar-refractivity contribution is 5.83. The number of aryl methyl sites for hydroxylation is 1. The van der Waals surface area contributed by atoms with E-state index in [0.717, 1.165) is 16.8 Å². The Morgan fingerprint density at radius 1 is 1.32 bits per heavy atom. The molecule has 0 N–H and O–H groups in total. The van der Waals surface area contributed by atoms with E-state index in [4.69, 9.17) is 0 Å². The number of amides is 1. The summed E-state index contributed by atoms with van der Waals surface area (Å²) in [6.07, 6.45) is 1.85. The Bertz CT molecular complexity index is 750. The zero-order valence-electron chi connectivity index (χ0n) is 13.6. The normalized spacial score (nSPS) is 11.1. The number of benzene rings is 1. The summed E-state index contributed by atoms with van der Waals surface area (Å²) in [4.78, 5) is 13.9. The first-order chi connectivity index (χ1) is 10.3. The maximum atomic E-state index is 12.4. The topological polar surface area (TPSA) is 61.9 Å². The molecule has 0 saturated heterocycles. The second kappa shape index (κ2) is 5.64. The Hall–Kier alpha value is -2.61. The lowest BCUT2D eigenvalue weighted by Gasteiger charge is -2.27. The first-order valence-electron chi connectivity index (χ1n) is 7.07. The predicted octanol–water partition coefficient (Wildman–Crippen LogP) is 2.55. The van der Waals surface area contributed by atoms with Gasteiger partial charge in [-0.25, -0.2) is 0 Å². The van der Waals surface area contributed by atoms with E-state index in [1.54, 1.807) is 29.7 Å². The average Bonchev–Trinajstić information content (AvgIpc) is 2.88. The van der Waals surface area contributed by atoms with Crippen LogP contribution in [0.2, 0.25) is 0 Å². The molecule has 1 heterocycles. The van der Waals surface area contributed by atoms with E-state index in [-0.39, 0.29) is 5.91 Å². The summed E-state index contributed by atoms with van der Waals surface area (Å²) in [6.45, 7) is 5.60. The summed E-state index contributed by atoms with van der Waals surface area (Å²) >= 11 is 0. The summed E-state index contributed by atoms with van der Waals surface area (Å²) in [5.74, 6) is -0.0323. The number of likely N-dealkylation sites (N-methyl/N-ethyl adjacent to an activating group) is 1. The molecule has 0 unspecified atom stereocenters. The Morgan fingerprint density at radius 2 is 1.95 bits per heavy atom. The van der Waals surface area contributed by atoms with Gasteiger partial charge in [-0.2, -0.15) is 10.4 Å². The van der Waals surface area contributed by atoms with Crippen LogP contribution in [0.4, 0.5) is 0 Å². The van der Waals surface area contributed by atoms with Gasteiger partial charge in [0, 0.05) is 25.9 Å². The number of aromatic nitrogens is 2. The molecule has 5 nitrogen and oxygen atoms in total. The van der Waals surface area contributed by atoms with Crippen molar-refractivity contribution < 1.29 is 4.79 Å². The van der Waals surface area contributed by atoms with Crippen LogP contribution in [-0.4, -0.2) is 34.7 Å². The van der Waals surface area contributed by atoms with Crippen LogP contribution in [0.1, 0.15) is 25.0 Å². The van der Waals surface area contributed by atoms with E-state index in [1.807, 2.05) is 45.2 Å². The molecule has 114 valence electrons. The molecule has 0 aliphatic carbocycles. The molecule has 0 atom stereocenters. The number of carbonyl (C=O) groups is 1. The second-order valence-electron chi connectivity index (χ2n) is 6.02. The molecule has 0 aliphatic rings. The molecule has 0 saturated carbocycles. The van der Waals surface area contributed by atoms with Gasteiger partial charge in [0.2, 0.25) is 5.91 Å². The van der Waals surface area contributed by atoms with Crippen molar-refractivity contribution in [1.82, 2.24) is 14.7 Å². The first-order valence-corrected chi connectivity index (χ1v) is 7.07. The molecular formula is C17H20N4O. The quantitative estimate of drug-likeness (QED) is 0.874. The molecule has 2 aromatic rings. The fraction of sp³-hybridized carbons (Fsp3) is 0.353. The van der Waals surface area contributed by atoms with Crippen LogP contribution in [0.15, 0.2) is 30.5 Å². The highest BCUT2D eigenvalue weighted by Crippen LogP contribution is 2.27. The fourth-order valence-electron chi connectivity index (χ4n) is 2.45. The van der Waals surface area contributed by atoms with Crippen LogP contribution in [0.5, 0.6) is 0 Å².